The van der Waals surface area contributed by atoms with Crippen LogP contribution in [-0.2, 0) is 14.3 Å². The number of rotatable bonds is 5. The Bertz CT molecular complexity index is 1010. The number of hydrogen-bond acceptors (Lipinski definition) is 4. The minimum Gasteiger partial charge on any atom is -0.455 e. The lowest BCUT2D eigenvalue weighted by atomic mass is 9.96. The molecule has 0 aliphatic carbocycles. The quantitative estimate of drug-likeness (QED) is 0.699. The molecule has 0 atom stereocenters. The van der Waals surface area contributed by atoms with Gasteiger partial charge in [-0.15, -0.1) is 0 Å². The van der Waals surface area contributed by atoms with Gasteiger partial charge in [-0.1, -0.05) is 17.7 Å². The fourth-order valence-electron chi connectivity index (χ4n) is 3.34. The first-order valence-electron chi connectivity index (χ1n) is 9.72. The van der Waals surface area contributed by atoms with E-state index in [1.807, 2.05) is 0 Å². The van der Waals surface area contributed by atoms with Crippen LogP contribution in [0.5, 0.6) is 0 Å². The largest absolute Gasteiger partial charge is 0.455 e. The number of hydrogen-bond donors (Lipinski definition) is 1. The average molecular weight is 451 g/mol. The lowest BCUT2D eigenvalue weighted by molar-refractivity contribution is -0.152. The number of esters is 1. The fourth-order valence-corrected chi connectivity index (χ4v) is 3.51. The number of carbonyl (C=O) groups is 3. The monoisotopic (exact) mass is 450 g/mol. The molecule has 0 saturated carbocycles. The number of halogens is 3. The molecule has 1 fully saturated rings. The minimum absolute atomic E-state index is 0.213. The van der Waals surface area contributed by atoms with Gasteiger partial charge < -0.3 is 15.0 Å². The highest BCUT2D eigenvalue weighted by Crippen LogP contribution is 2.24. The van der Waals surface area contributed by atoms with Gasteiger partial charge in [0.15, 0.2) is 6.61 Å². The van der Waals surface area contributed by atoms with Crippen LogP contribution in [0, 0.1) is 24.5 Å². The summed E-state index contributed by atoms with van der Waals surface area (Å²) in [6.07, 6.45) is 0.644. The molecule has 1 aliphatic heterocycles. The molecule has 0 radical (unpaired) electrons. The second-order valence-electron chi connectivity index (χ2n) is 7.26. The second-order valence-corrected chi connectivity index (χ2v) is 7.67. The molecule has 2 aromatic carbocycles. The van der Waals surface area contributed by atoms with Gasteiger partial charge in [0.2, 0.25) is 0 Å². The van der Waals surface area contributed by atoms with Crippen LogP contribution in [0.4, 0.5) is 14.5 Å². The number of carbonyl (C=O) groups excluding carboxylic acids is 3. The van der Waals surface area contributed by atoms with E-state index in [4.69, 9.17) is 16.3 Å². The van der Waals surface area contributed by atoms with Crippen LogP contribution in [0.2, 0.25) is 5.02 Å². The van der Waals surface area contributed by atoms with Crippen LogP contribution >= 0.6 is 11.6 Å². The zero-order valence-corrected chi connectivity index (χ0v) is 17.5. The van der Waals surface area contributed by atoms with Gasteiger partial charge >= 0.3 is 5.97 Å². The van der Waals surface area contributed by atoms with Crippen LogP contribution in [-0.4, -0.2) is 42.4 Å². The van der Waals surface area contributed by atoms with Crippen molar-refractivity contribution in [3.8, 4) is 0 Å². The van der Waals surface area contributed by atoms with Gasteiger partial charge in [-0.25, -0.2) is 8.78 Å². The molecule has 0 spiro atoms. The Morgan fingerprint density at radius 2 is 1.87 bits per heavy atom. The first-order valence-corrected chi connectivity index (χ1v) is 10.1. The Morgan fingerprint density at radius 1 is 1.16 bits per heavy atom. The van der Waals surface area contributed by atoms with E-state index in [-0.39, 0.29) is 18.7 Å². The highest BCUT2D eigenvalue weighted by atomic mass is 35.5. The Kier molecular flexibility index (Phi) is 7.22. The Hall–Kier alpha value is -3.00. The predicted octanol–water partition coefficient (Wildman–Crippen LogP) is 3.96. The van der Waals surface area contributed by atoms with Crippen molar-refractivity contribution in [2.24, 2.45) is 5.92 Å². The number of anilines is 1. The summed E-state index contributed by atoms with van der Waals surface area (Å²) >= 11 is 6.01. The third-order valence-corrected chi connectivity index (χ3v) is 5.57. The number of benzene rings is 2. The van der Waals surface area contributed by atoms with E-state index in [1.54, 1.807) is 25.1 Å². The molecule has 0 unspecified atom stereocenters. The van der Waals surface area contributed by atoms with Crippen molar-refractivity contribution in [2.45, 2.75) is 19.8 Å². The van der Waals surface area contributed by atoms with Crippen LogP contribution in [0.3, 0.4) is 0 Å². The van der Waals surface area contributed by atoms with Crippen LogP contribution in [0.1, 0.15) is 28.8 Å². The third-order valence-electron chi connectivity index (χ3n) is 5.16. The Morgan fingerprint density at radius 3 is 2.55 bits per heavy atom. The van der Waals surface area contributed by atoms with E-state index in [9.17, 15) is 23.2 Å². The van der Waals surface area contributed by atoms with Crippen LogP contribution in [0.25, 0.3) is 0 Å². The van der Waals surface area contributed by atoms with Crippen molar-refractivity contribution in [3.63, 3.8) is 0 Å². The van der Waals surface area contributed by atoms with Gasteiger partial charge in [-0.3, -0.25) is 14.4 Å². The first kappa shape index (κ1) is 22.7. The zero-order valence-electron chi connectivity index (χ0n) is 16.8. The number of nitrogens with zero attached hydrogens (tertiary/aromatic N) is 1. The van der Waals surface area contributed by atoms with Crippen molar-refractivity contribution >= 4 is 35.1 Å². The van der Waals surface area contributed by atoms with E-state index in [0.717, 1.165) is 12.1 Å². The average Bonchev–Trinajstić information content (AvgIpc) is 2.75. The summed E-state index contributed by atoms with van der Waals surface area (Å²) in [7, 11) is 0. The highest BCUT2D eigenvalue weighted by Gasteiger charge is 2.30. The third kappa shape index (κ3) is 5.58. The molecule has 1 heterocycles. The van der Waals surface area contributed by atoms with Crippen molar-refractivity contribution in [1.29, 1.82) is 0 Å². The zero-order chi connectivity index (χ0) is 22.5. The molecule has 2 aromatic rings. The number of amides is 2. The molecule has 1 N–H and O–H groups in total. The molecule has 1 aliphatic rings. The summed E-state index contributed by atoms with van der Waals surface area (Å²) in [6, 6.07) is 7.88. The molecule has 31 heavy (non-hydrogen) atoms. The van der Waals surface area contributed by atoms with Gasteiger partial charge in [0, 0.05) is 29.9 Å². The lowest BCUT2D eigenvalue weighted by Gasteiger charge is -2.31. The minimum atomic E-state index is -0.924. The first-order chi connectivity index (χ1) is 14.8. The van der Waals surface area contributed by atoms with Crippen molar-refractivity contribution in [1.82, 2.24) is 4.90 Å². The van der Waals surface area contributed by atoms with E-state index < -0.39 is 41.9 Å². The molecule has 9 heteroatoms. The topological polar surface area (TPSA) is 75.7 Å². The summed E-state index contributed by atoms with van der Waals surface area (Å²) < 4.78 is 32.0. The van der Waals surface area contributed by atoms with Crippen molar-refractivity contribution in [2.75, 3.05) is 25.0 Å². The summed E-state index contributed by atoms with van der Waals surface area (Å²) in [5, 5.41) is 3.15. The van der Waals surface area contributed by atoms with Gasteiger partial charge in [0.25, 0.3) is 11.8 Å². The molecule has 2 amide bonds. The maximum atomic E-state index is 13.8. The number of nitrogens with one attached hydrogen (secondary N) is 1. The summed E-state index contributed by atoms with van der Waals surface area (Å²) in [6.45, 7) is 1.77. The molecular weight excluding hydrogens is 430 g/mol. The molecule has 0 bridgehead atoms. The SMILES string of the molecule is Cc1c(Cl)cccc1NC(=O)COC(=O)C1CCN(C(=O)c2ccc(F)cc2F)CC1. The lowest BCUT2D eigenvalue weighted by Crippen LogP contribution is -2.41. The van der Waals surface area contributed by atoms with E-state index in [0.29, 0.717) is 35.2 Å². The van der Waals surface area contributed by atoms with Gasteiger partial charge in [0.05, 0.1) is 11.5 Å². The predicted molar refractivity (Wildman–Crippen MR) is 111 cm³/mol. The van der Waals surface area contributed by atoms with Gasteiger partial charge in [-0.2, -0.15) is 0 Å². The fraction of sp³-hybridized carbons (Fsp3) is 0.318. The highest BCUT2D eigenvalue weighted by molar-refractivity contribution is 6.31. The number of piperidine rings is 1. The Balaban J connectivity index is 1.47. The second kappa shape index (κ2) is 9.87. The number of ether oxygens (including phenoxy) is 1. The van der Waals surface area contributed by atoms with E-state index in [2.05, 4.69) is 5.32 Å². The molecule has 3 rings (SSSR count). The van der Waals surface area contributed by atoms with Crippen molar-refractivity contribution in [3.05, 3.63) is 64.2 Å². The summed E-state index contributed by atoms with van der Waals surface area (Å²) in [4.78, 5) is 38.2. The van der Waals surface area contributed by atoms with E-state index in [1.165, 1.54) is 4.90 Å². The van der Waals surface area contributed by atoms with Crippen molar-refractivity contribution < 1.29 is 27.9 Å². The molecule has 164 valence electrons. The maximum absolute atomic E-state index is 13.8. The molecular formula is C22H21ClF2N2O4. The summed E-state index contributed by atoms with van der Waals surface area (Å²) in [5.41, 5.74) is 1.03. The molecule has 0 aromatic heterocycles. The maximum Gasteiger partial charge on any atom is 0.309 e. The number of likely N-dealkylation sites (tertiary alicyclic amines) is 1. The molecule has 1 saturated heterocycles. The molecule has 6 nitrogen and oxygen atoms in total. The van der Waals surface area contributed by atoms with Crippen LogP contribution < -0.4 is 5.32 Å². The normalized spacial score (nSPS) is 14.3. The summed E-state index contributed by atoms with van der Waals surface area (Å²) in [5.74, 6) is -3.72. The standard InChI is InChI=1S/C22H21ClF2N2O4/c1-13-17(23)3-2-4-19(13)26-20(28)12-31-22(30)14-7-9-27(10-8-14)21(29)16-6-5-15(24)11-18(16)25/h2-6,11,14H,7-10,12H2,1H3,(H,26,28). The van der Waals surface area contributed by atoms with Gasteiger partial charge in [0.1, 0.15) is 11.6 Å². The van der Waals surface area contributed by atoms with Crippen LogP contribution in [0.15, 0.2) is 36.4 Å². The smallest absolute Gasteiger partial charge is 0.309 e. The van der Waals surface area contributed by atoms with Gasteiger partial charge in [-0.05, 0) is 49.6 Å². The Labute approximate surface area is 183 Å². The van der Waals surface area contributed by atoms with E-state index >= 15 is 0 Å².